The second-order valence-electron chi connectivity index (χ2n) is 3.86. The van der Waals surface area contributed by atoms with Crippen molar-refractivity contribution < 1.29 is 0 Å². The summed E-state index contributed by atoms with van der Waals surface area (Å²) in [6.45, 7) is 10.6. The Morgan fingerprint density at radius 1 is 1.23 bits per heavy atom. The van der Waals surface area contributed by atoms with Crippen LogP contribution in [0.15, 0.2) is 16.6 Å². The normalized spacial score (nSPS) is 13.7. The highest BCUT2D eigenvalue weighted by atomic mass is 14.7. The molecular weight excluding hydrogens is 158 g/mol. The summed E-state index contributed by atoms with van der Waals surface area (Å²) in [6, 6.07) is 2.34. The summed E-state index contributed by atoms with van der Waals surface area (Å²) in [6.07, 6.45) is 7.24. The minimum Gasteiger partial charge on any atom is -0.202 e. The molecule has 72 valence electrons. The van der Waals surface area contributed by atoms with Crippen LogP contribution in [0.1, 0.15) is 34.6 Å². The second kappa shape index (κ2) is 5.59. The third-order valence-corrected chi connectivity index (χ3v) is 2.07. The molecule has 1 nitrogen and oxygen atoms in total. The van der Waals surface area contributed by atoms with Gasteiger partial charge in [-0.3, -0.25) is 0 Å². The number of nitrogens with zero attached hydrogens (tertiary/aromatic N) is 1. The first-order chi connectivity index (χ1) is 5.99. The summed E-state index contributed by atoms with van der Waals surface area (Å²) in [5.41, 5.74) is 2.32. The van der Waals surface area contributed by atoms with Crippen molar-refractivity contribution >= 4 is 5.71 Å². The van der Waals surface area contributed by atoms with Crippen LogP contribution >= 0.6 is 0 Å². The van der Waals surface area contributed by atoms with Crippen LogP contribution in [0.3, 0.4) is 0 Å². The Balaban J connectivity index is 4.73. The van der Waals surface area contributed by atoms with Gasteiger partial charge in [0.2, 0.25) is 0 Å². The largest absolute Gasteiger partial charge is 0.202 e. The van der Waals surface area contributed by atoms with Gasteiger partial charge in [-0.2, -0.15) is 0 Å². The van der Waals surface area contributed by atoms with E-state index in [0.717, 1.165) is 5.71 Å². The van der Waals surface area contributed by atoms with Crippen LogP contribution in [0, 0.1) is 24.3 Å². The molecule has 0 aliphatic rings. The van der Waals surface area contributed by atoms with E-state index < -0.39 is 0 Å². The van der Waals surface area contributed by atoms with E-state index in [0.29, 0.717) is 11.8 Å². The molecule has 0 aliphatic heterocycles. The molecule has 0 aromatic carbocycles. The molecule has 0 saturated carbocycles. The minimum atomic E-state index is 0.393. The monoisotopic (exact) mass is 177 g/mol. The summed E-state index contributed by atoms with van der Waals surface area (Å²) in [4.78, 5) is 4.01. The molecule has 0 bridgehead atoms. The van der Waals surface area contributed by atoms with Crippen molar-refractivity contribution in [3.05, 3.63) is 11.6 Å². The van der Waals surface area contributed by atoms with Gasteiger partial charge in [0, 0.05) is 6.04 Å². The number of allylic oxidation sites excluding steroid dienone is 2. The Labute approximate surface area is 82.0 Å². The molecule has 0 spiro atoms. The zero-order valence-electron chi connectivity index (χ0n) is 9.26. The molecule has 13 heavy (non-hydrogen) atoms. The van der Waals surface area contributed by atoms with E-state index in [-0.39, 0.29) is 0 Å². The van der Waals surface area contributed by atoms with Gasteiger partial charge in [0.15, 0.2) is 0 Å². The van der Waals surface area contributed by atoms with E-state index in [4.69, 9.17) is 6.42 Å². The minimum absolute atomic E-state index is 0.393. The first-order valence-corrected chi connectivity index (χ1v) is 4.70. The Morgan fingerprint density at radius 2 is 1.77 bits per heavy atom. The Bertz CT molecular complexity index is 249. The molecule has 0 rings (SSSR count). The summed E-state index contributed by atoms with van der Waals surface area (Å²) >= 11 is 0. The molecule has 0 aromatic heterocycles. The van der Waals surface area contributed by atoms with Gasteiger partial charge < -0.3 is 0 Å². The smallest absolute Gasteiger partial charge is 0.0535 e. The Hall–Kier alpha value is -1.03. The van der Waals surface area contributed by atoms with Crippen LogP contribution < -0.4 is 0 Å². The lowest BCUT2D eigenvalue weighted by Crippen LogP contribution is -2.05. The van der Waals surface area contributed by atoms with Crippen molar-refractivity contribution in [2.45, 2.75) is 34.6 Å². The number of rotatable bonds is 3. The zero-order valence-corrected chi connectivity index (χ0v) is 9.26. The highest BCUT2D eigenvalue weighted by Gasteiger charge is 2.03. The van der Waals surface area contributed by atoms with E-state index >= 15 is 0 Å². The fourth-order valence-corrected chi connectivity index (χ4v) is 0.803. The van der Waals surface area contributed by atoms with Crippen molar-refractivity contribution in [3.63, 3.8) is 0 Å². The molecule has 0 heterocycles. The van der Waals surface area contributed by atoms with Gasteiger partial charge in [-0.1, -0.05) is 39.7 Å². The molecular formula is C12H19N. The highest BCUT2D eigenvalue weighted by molar-refractivity contribution is 5.97. The van der Waals surface area contributed by atoms with Gasteiger partial charge in [0.05, 0.1) is 5.71 Å². The van der Waals surface area contributed by atoms with Gasteiger partial charge in [0.25, 0.3) is 0 Å². The first-order valence-electron chi connectivity index (χ1n) is 4.70. The van der Waals surface area contributed by atoms with Gasteiger partial charge in [-0.05, 0) is 24.8 Å². The number of aliphatic imine (C=N–C) groups is 1. The molecule has 0 fully saturated rings. The summed E-state index contributed by atoms with van der Waals surface area (Å²) in [5.74, 6) is 0.950. The van der Waals surface area contributed by atoms with E-state index in [9.17, 15) is 0 Å². The number of hydrogen-bond acceptors (Lipinski definition) is 1. The maximum absolute atomic E-state index is 5.15. The zero-order chi connectivity index (χ0) is 10.4. The van der Waals surface area contributed by atoms with E-state index in [1.807, 2.05) is 0 Å². The fraction of sp³-hybridized carbons (Fsp3) is 0.583. The van der Waals surface area contributed by atoms with Crippen LogP contribution in [-0.4, -0.2) is 5.71 Å². The van der Waals surface area contributed by atoms with Crippen molar-refractivity contribution in [2.75, 3.05) is 0 Å². The predicted octanol–water partition coefficient (Wildman–Crippen LogP) is 3.28. The third-order valence-electron chi connectivity index (χ3n) is 2.07. The predicted molar refractivity (Wildman–Crippen MR) is 59.7 cm³/mol. The van der Waals surface area contributed by atoms with E-state index in [1.54, 1.807) is 0 Å². The quantitative estimate of drug-likeness (QED) is 0.463. The standard InChI is InChI=1S/C12H19N/c1-7-13-12(10(4)5)8-11(6)9(2)3/h1,8-10H,2-6H3/b11-8+,13-12?. The fourth-order valence-electron chi connectivity index (χ4n) is 0.803. The van der Waals surface area contributed by atoms with Crippen molar-refractivity contribution in [1.29, 1.82) is 0 Å². The number of terminal acetylenes is 1. The molecule has 0 N–H and O–H groups in total. The lowest BCUT2D eigenvalue weighted by atomic mass is 9.99. The topological polar surface area (TPSA) is 12.4 Å². The summed E-state index contributed by atoms with van der Waals surface area (Å²) in [5, 5.41) is 0. The summed E-state index contributed by atoms with van der Waals surface area (Å²) < 4.78 is 0. The van der Waals surface area contributed by atoms with Crippen LogP contribution in [0.4, 0.5) is 0 Å². The molecule has 0 aliphatic carbocycles. The van der Waals surface area contributed by atoms with Gasteiger partial charge in [-0.25, -0.2) is 4.99 Å². The average Bonchev–Trinajstić information content (AvgIpc) is 2.03. The first kappa shape index (κ1) is 12.0. The van der Waals surface area contributed by atoms with Crippen LogP contribution in [0.2, 0.25) is 0 Å². The van der Waals surface area contributed by atoms with Crippen molar-refractivity contribution in [2.24, 2.45) is 16.8 Å². The van der Waals surface area contributed by atoms with Gasteiger partial charge >= 0.3 is 0 Å². The molecule has 0 radical (unpaired) electrons. The van der Waals surface area contributed by atoms with Crippen molar-refractivity contribution in [1.82, 2.24) is 0 Å². The maximum Gasteiger partial charge on any atom is 0.0535 e. The van der Waals surface area contributed by atoms with Crippen molar-refractivity contribution in [3.8, 4) is 12.5 Å². The van der Waals surface area contributed by atoms with Crippen LogP contribution in [0.5, 0.6) is 0 Å². The SMILES string of the molecule is C#CN=C(/C=C(\C)C(C)C)C(C)C. The maximum atomic E-state index is 5.15. The molecule has 0 amide bonds. The highest BCUT2D eigenvalue weighted by Crippen LogP contribution is 2.10. The van der Waals surface area contributed by atoms with Gasteiger partial charge in [0.1, 0.15) is 0 Å². The lowest BCUT2D eigenvalue weighted by Gasteiger charge is -2.08. The molecule has 0 unspecified atom stereocenters. The molecule has 0 aromatic rings. The third kappa shape index (κ3) is 4.52. The Kier molecular flexibility index (Phi) is 5.14. The lowest BCUT2D eigenvalue weighted by molar-refractivity contribution is 0.768. The molecule has 0 saturated heterocycles. The van der Waals surface area contributed by atoms with Crippen LogP contribution in [-0.2, 0) is 0 Å². The average molecular weight is 177 g/mol. The molecule has 1 heteroatoms. The van der Waals surface area contributed by atoms with Gasteiger partial charge in [-0.15, -0.1) is 0 Å². The Morgan fingerprint density at radius 3 is 2.08 bits per heavy atom. The molecule has 0 atom stereocenters. The van der Waals surface area contributed by atoms with E-state index in [2.05, 4.69) is 51.7 Å². The summed E-state index contributed by atoms with van der Waals surface area (Å²) in [7, 11) is 0. The second-order valence-corrected chi connectivity index (χ2v) is 3.86. The van der Waals surface area contributed by atoms with E-state index in [1.165, 1.54) is 5.57 Å². The number of hydrogen-bond donors (Lipinski definition) is 0. The van der Waals surface area contributed by atoms with Crippen LogP contribution in [0.25, 0.3) is 0 Å².